The van der Waals surface area contributed by atoms with Crippen molar-refractivity contribution in [3.63, 3.8) is 0 Å². The van der Waals surface area contributed by atoms with E-state index >= 15 is 0 Å². The SMILES string of the molecule is CCCCCC/C=C\C/C=C\CCCCCCCCCC(=O)OCCCCCCCCCCC/C=C\C/C=C\CCCCCCCCCCCC(=O)NC(CO)C(O)CCCCCCCCCCCCCCCCCCCCCCCCCC. The molecule has 1 amide bonds. The van der Waals surface area contributed by atoms with Crippen LogP contribution in [0, 0.1) is 0 Å². The summed E-state index contributed by atoms with van der Waals surface area (Å²) in [6.07, 6.45) is 96.0. The van der Waals surface area contributed by atoms with Crippen LogP contribution in [0.1, 0.15) is 412 Å². The molecule has 0 aromatic rings. The van der Waals surface area contributed by atoms with E-state index in [1.165, 1.54) is 321 Å². The molecule has 0 aromatic heterocycles. The van der Waals surface area contributed by atoms with Crippen molar-refractivity contribution in [2.75, 3.05) is 13.2 Å². The van der Waals surface area contributed by atoms with Crippen LogP contribution in [0.3, 0.4) is 0 Å². The molecule has 0 fully saturated rings. The maximum atomic E-state index is 12.6. The Balaban J connectivity index is 3.43. The number of nitrogens with one attached hydrogen (secondary N) is 1. The molecule has 494 valence electrons. The molecule has 0 saturated carbocycles. The zero-order chi connectivity index (χ0) is 60.6. The van der Waals surface area contributed by atoms with E-state index in [9.17, 15) is 19.8 Å². The fourth-order valence-corrected chi connectivity index (χ4v) is 11.8. The zero-order valence-corrected chi connectivity index (χ0v) is 56.6. The number of allylic oxidation sites excluding steroid dienone is 8. The summed E-state index contributed by atoms with van der Waals surface area (Å²) in [4.78, 5) is 24.7. The summed E-state index contributed by atoms with van der Waals surface area (Å²) in [7, 11) is 0. The first-order valence-electron chi connectivity index (χ1n) is 37.9. The molecule has 0 saturated heterocycles. The van der Waals surface area contributed by atoms with Gasteiger partial charge in [-0.3, -0.25) is 9.59 Å². The van der Waals surface area contributed by atoms with Crippen LogP contribution >= 0.6 is 0 Å². The zero-order valence-electron chi connectivity index (χ0n) is 56.6. The number of ether oxygens (including phenoxy) is 1. The van der Waals surface area contributed by atoms with E-state index in [-0.39, 0.29) is 18.5 Å². The number of hydrogen-bond acceptors (Lipinski definition) is 5. The monoisotopic (exact) mass is 1180 g/mol. The molecular formula is C78H147NO5. The van der Waals surface area contributed by atoms with Crippen LogP contribution in [0.4, 0.5) is 0 Å². The van der Waals surface area contributed by atoms with E-state index in [1.54, 1.807) is 0 Å². The molecule has 0 aromatic carbocycles. The molecule has 84 heavy (non-hydrogen) atoms. The topological polar surface area (TPSA) is 95.9 Å². The van der Waals surface area contributed by atoms with Crippen LogP contribution in [-0.4, -0.2) is 47.4 Å². The molecule has 0 heterocycles. The average Bonchev–Trinajstić information content (AvgIpc) is 3.53. The normalized spacial score (nSPS) is 12.8. The molecule has 0 aliphatic carbocycles. The lowest BCUT2D eigenvalue weighted by Gasteiger charge is -2.22. The first-order chi connectivity index (χ1) is 41.5. The summed E-state index contributed by atoms with van der Waals surface area (Å²) in [5, 5.41) is 23.5. The molecule has 0 aliphatic heterocycles. The number of aliphatic hydroxyl groups excluding tert-OH is 2. The Morgan fingerprint density at radius 3 is 0.917 bits per heavy atom. The van der Waals surface area contributed by atoms with Gasteiger partial charge in [0.1, 0.15) is 0 Å². The highest BCUT2D eigenvalue weighted by molar-refractivity contribution is 5.76. The van der Waals surface area contributed by atoms with E-state index in [2.05, 4.69) is 67.8 Å². The second kappa shape index (κ2) is 73.3. The van der Waals surface area contributed by atoms with Crippen molar-refractivity contribution in [1.29, 1.82) is 0 Å². The second-order valence-electron chi connectivity index (χ2n) is 26.0. The Morgan fingerprint density at radius 1 is 0.333 bits per heavy atom. The van der Waals surface area contributed by atoms with Gasteiger partial charge >= 0.3 is 5.97 Å². The highest BCUT2D eigenvalue weighted by atomic mass is 16.5. The Hall–Kier alpha value is -2.18. The van der Waals surface area contributed by atoms with Gasteiger partial charge in [-0.15, -0.1) is 0 Å². The van der Waals surface area contributed by atoms with Gasteiger partial charge in [0, 0.05) is 12.8 Å². The first kappa shape index (κ1) is 81.8. The summed E-state index contributed by atoms with van der Waals surface area (Å²) in [6, 6.07) is -0.549. The molecule has 6 nitrogen and oxygen atoms in total. The molecule has 0 bridgehead atoms. The molecule has 2 unspecified atom stereocenters. The summed E-state index contributed by atoms with van der Waals surface area (Å²) in [5.41, 5.74) is 0. The minimum atomic E-state index is -0.671. The highest BCUT2D eigenvalue weighted by Crippen LogP contribution is 2.19. The predicted octanol–water partition coefficient (Wildman–Crippen LogP) is 24.8. The molecule has 0 spiro atoms. The van der Waals surface area contributed by atoms with Crippen molar-refractivity contribution in [3.8, 4) is 0 Å². The van der Waals surface area contributed by atoms with E-state index < -0.39 is 12.1 Å². The number of rotatable bonds is 71. The number of aliphatic hydroxyl groups is 2. The largest absolute Gasteiger partial charge is 0.466 e. The molecule has 3 N–H and O–H groups in total. The lowest BCUT2D eigenvalue weighted by atomic mass is 10.0. The molecule has 2 atom stereocenters. The molecule has 0 rings (SSSR count). The summed E-state index contributed by atoms with van der Waals surface area (Å²) >= 11 is 0. The number of unbranched alkanes of at least 4 members (excludes halogenated alkanes) is 52. The van der Waals surface area contributed by atoms with Crippen molar-refractivity contribution in [2.24, 2.45) is 0 Å². The van der Waals surface area contributed by atoms with Crippen LogP contribution in [0.15, 0.2) is 48.6 Å². The number of carbonyl (C=O) groups excluding carboxylic acids is 2. The van der Waals surface area contributed by atoms with Gasteiger partial charge in [0.05, 0.1) is 25.4 Å². The number of carbonyl (C=O) groups is 2. The summed E-state index contributed by atoms with van der Waals surface area (Å²) in [6.45, 7) is 4.96. The Bertz CT molecular complexity index is 1400. The number of hydrogen-bond donors (Lipinski definition) is 3. The van der Waals surface area contributed by atoms with E-state index in [4.69, 9.17) is 4.74 Å². The predicted molar refractivity (Wildman–Crippen MR) is 370 cm³/mol. The Morgan fingerprint density at radius 2 is 0.595 bits per heavy atom. The Kier molecular flexibility index (Phi) is 71.4. The first-order valence-corrected chi connectivity index (χ1v) is 37.9. The molecule has 0 aliphatic rings. The summed E-state index contributed by atoms with van der Waals surface area (Å²) < 4.78 is 5.50. The average molecular weight is 1180 g/mol. The van der Waals surface area contributed by atoms with Gasteiger partial charge in [-0.05, 0) is 89.9 Å². The maximum Gasteiger partial charge on any atom is 0.305 e. The maximum absolute atomic E-state index is 12.6. The smallest absolute Gasteiger partial charge is 0.305 e. The Labute approximate surface area is 525 Å². The quantitative estimate of drug-likeness (QED) is 0.0320. The van der Waals surface area contributed by atoms with Crippen LogP contribution in [0.25, 0.3) is 0 Å². The standard InChI is InChI=1S/C78H147NO5/c1-3-5-7-9-11-13-15-17-19-21-23-24-25-29-32-35-38-42-46-50-54-58-62-66-70-76(81)75(74-80)79-77(82)71-67-63-59-55-51-47-43-39-36-33-30-27-26-28-31-34-37-41-45-49-53-57-61-65-69-73-84-78(83)72-68-64-60-56-52-48-44-40-22-20-18-16-14-12-10-8-6-4-2/h14,16,20,22,27-28,30-31,75-76,80-81H,3-13,15,17-19,21,23-26,29,32-74H2,1-2H3,(H,79,82)/b16-14-,22-20-,30-27-,31-28-. The van der Waals surface area contributed by atoms with Crippen molar-refractivity contribution in [2.45, 2.75) is 424 Å². The third-order valence-corrected chi connectivity index (χ3v) is 17.6. The highest BCUT2D eigenvalue weighted by Gasteiger charge is 2.20. The van der Waals surface area contributed by atoms with Gasteiger partial charge < -0.3 is 20.3 Å². The van der Waals surface area contributed by atoms with Crippen molar-refractivity contribution in [1.82, 2.24) is 5.32 Å². The summed E-state index contributed by atoms with van der Waals surface area (Å²) in [5.74, 6) is -0.0347. The molecular weight excluding hydrogens is 1030 g/mol. The fraction of sp³-hybridized carbons (Fsp3) is 0.872. The van der Waals surface area contributed by atoms with E-state index in [0.29, 0.717) is 25.9 Å². The second-order valence-corrected chi connectivity index (χ2v) is 26.0. The van der Waals surface area contributed by atoms with Crippen molar-refractivity contribution in [3.05, 3.63) is 48.6 Å². The van der Waals surface area contributed by atoms with Gasteiger partial charge in [-0.25, -0.2) is 0 Å². The third kappa shape index (κ3) is 68.9. The van der Waals surface area contributed by atoms with Gasteiger partial charge in [-0.2, -0.15) is 0 Å². The van der Waals surface area contributed by atoms with Gasteiger partial charge in [0.25, 0.3) is 0 Å². The minimum Gasteiger partial charge on any atom is -0.466 e. The number of amides is 1. The molecule has 6 heteroatoms. The van der Waals surface area contributed by atoms with E-state index in [1.807, 2.05) is 0 Å². The lowest BCUT2D eigenvalue weighted by Crippen LogP contribution is -2.45. The fourth-order valence-electron chi connectivity index (χ4n) is 11.8. The van der Waals surface area contributed by atoms with Crippen LogP contribution in [-0.2, 0) is 14.3 Å². The number of esters is 1. The van der Waals surface area contributed by atoms with Crippen LogP contribution in [0.2, 0.25) is 0 Å². The van der Waals surface area contributed by atoms with Gasteiger partial charge in [0.15, 0.2) is 0 Å². The van der Waals surface area contributed by atoms with Crippen molar-refractivity contribution < 1.29 is 24.5 Å². The van der Waals surface area contributed by atoms with Gasteiger partial charge in [0.2, 0.25) is 5.91 Å². The minimum absolute atomic E-state index is 0.00225. The van der Waals surface area contributed by atoms with Gasteiger partial charge in [-0.1, -0.05) is 358 Å². The third-order valence-electron chi connectivity index (χ3n) is 17.6. The van der Waals surface area contributed by atoms with E-state index in [0.717, 1.165) is 57.8 Å². The lowest BCUT2D eigenvalue weighted by molar-refractivity contribution is -0.143. The van der Waals surface area contributed by atoms with Crippen LogP contribution < -0.4 is 5.32 Å². The van der Waals surface area contributed by atoms with Crippen molar-refractivity contribution >= 4 is 11.9 Å². The molecule has 0 radical (unpaired) electrons. The van der Waals surface area contributed by atoms with Crippen LogP contribution in [0.5, 0.6) is 0 Å².